The topological polar surface area (TPSA) is 106 Å². The Bertz CT molecular complexity index is 1430. The number of amides is 2. The third-order valence-electron chi connectivity index (χ3n) is 4.85. The summed E-state index contributed by atoms with van der Waals surface area (Å²) < 4.78 is 5.74. The van der Waals surface area contributed by atoms with E-state index in [9.17, 15) is 9.59 Å². The van der Waals surface area contributed by atoms with E-state index in [0.29, 0.717) is 27.8 Å². The Hall–Kier alpha value is -4.50. The fourth-order valence-electron chi connectivity index (χ4n) is 3.19. The van der Waals surface area contributed by atoms with Crippen LogP contribution >= 0.6 is 23.8 Å². The van der Waals surface area contributed by atoms with Gasteiger partial charge in [0, 0.05) is 5.02 Å². The molecular formula is C25H13ClN4O3S. The number of hydrogen-bond donors (Lipinski definition) is 1. The van der Waals surface area contributed by atoms with Gasteiger partial charge in [0.05, 0.1) is 16.8 Å². The van der Waals surface area contributed by atoms with Crippen LogP contribution in [0.15, 0.2) is 72.3 Å². The SMILES string of the molecule is N#Cc1ccc(Oc2ccc(/C=C3\C(=O)NC(=S)N(c4ccc(Cl)cc4)C3=O)cc2)cc1C#N. The number of hydrogen-bond acceptors (Lipinski definition) is 6. The zero-order chi connectivity index (χ0) is 24.2. The minimum absolute atomic E-state index is 0.0163. The van der Waals surface area contributed by atoms with Crippen LogP contribution in [0.4, 0.5) is 5.69 Å². The molecule has 1 aliphatic heterocycles. The number of carbonyl (C=O) groups is 2. The molecule has 4 rings (SSSR count). The fourth-order valence-corrected chi connectivity index (χ4v) is 3.60. The van der Waals surface area contributed by atoms with Crippen molar-refractivity contribution in [1.82, 2.24) is 5.32 Å². The summed E-state index contributed by atoms with van der Waals surface area (Å²) in [4.78, 5) is 26.8. The van der Waals surface area contributed by atoms with Gasteiger partial charge in [-0.25, -0.2) is 0 Å². The number of rotatable bonds is 4. The van der Waals surface area contributed by atoms with Gasteiger partial charge >= 0.3 is 0 Å². The molecule has 0 aromatic heterocycles. The van der Waals surface area contributed by atoms with Gasteiger partial charge in [0.2, 0.25) is 0 Å². The lowest BCUT2D eigenvalue weighted by atomic mass is 10.1. The highest BCUT2D eigenvalue weighted by atomic mass is 35.5. The summed E-state index contributed by atoms with van der Waals surface area (Å²) in [6.07, 6.45) is 1.46. The third-order valence-corrected chi connectivity index (χ3v) is 5.38. The lowest BCUT2D eigenvalue weighted by Gasteiger charge is -2.28. The van der Waals surface area contributed by atoms with Crippen molar-refractivity contribution >= 4 is 52.5 Å². The first kappa shape index (κ1) is 22.7. The lowest BCUT2D eigenvalue weighted by molar-refractivity contribution is -0.122. The molecule has 3 aromatic rings. The molecule has 0 spiro atoms. The van der Waals surface area contributed by atoms with Crippen LogP contribution in [0.3, 0.4) is 0 Å². The molecule has 164 valence electrons. The Balaban J connectivity index is 1.56. The van der Waals surface area contributed by atoms with Crippen LogP contribution in [0.5, 0.6) is 11.5 Å². The van der Waals surface area contributed by atoms with E-state index in [1.807, 2.05) is 12.1 Å². The molecule has 1 N–H and O–H groups in total. The van der Waals surface area contributed by atoms with Crippen LogP contribution in [-0.2, 0) is 9.59 Å². The summed E-state index contributed by atoms with van der Waals surface area (Å²) in [6.45, 7) is 0. The Morgan fingerprint density at radius 1 is 0.912 bits per heavy atom. The number of halogens is 1. The van der Waals surface area contributed by atoms with Crippen LogP contribution in [0.1, 0.15) is 16.7 Å². The molecule has 0 atom stereocenters. The normalized spacial score (nSPS) is 14.4. The Morgan fingerprint density at radius 3 is 2.21 bits per heavy atom. The highest BCUT2D eigenvalue weighted by Crippen LogP contribution is 2.26. The van der Waals surface area contributed by atoms with E-state index < -0.39 is 11.8 Å². The standard InChI is InChI=1S/C25H13ClN4O3S/c26-18-4-6-19(7-5-18)30-24(32)22(23(31)29-25(30)34)11-15-1-8-20(9-2-15)33-21-10-3-16(13-27)17(12-21)14-28/h1-12H,(H,29,31,34)/b22-11+. The maximum atomic E-state index is 13.1. The lowest BCUT2D eigenvalue weighted by Crippen LogP contribution is -2.54. The summed E-state index contributed by atoms with van der Waals surface area (Å²) in [7, 11) is 0. The van der Waals surface area contributed by atoms with E-state index >= 15 is 0 Å². The number of benzene rings is 3. The summed E-state index contributed by atoms with van der Waals surface area (Å²) in [6, 6.07) is 21.7. The van der Waals surface area contributed by atoms with Crippen LogP contribution in [-0.4, -0.2) is 16.9 Å². The Kier molecular flexibility index (Phi) is 6.37. The van der Waals surface area contributed by atoms with Crippen molar-refractivity contribution < 1.29 is 14.3 Å². The number of carbonyl (C=O) groups excluding carboxylic acids is 2. The van der Waals surface area contributed by atoms with E-state index in [-0.39, 0.29) is 21.8 Å². The third kappa shape index (κ3) is 4.64. The van der Waals surface area contributed by atoms with Gasteiger partial charge in [-0.05, 0) is 78.5 Å². The zero-order valence-electron chi connectivity index (χ0n) is 17.3. The first-order valence-electron chi connectivity index (χ1n) is 9.79. The zero-order valence-corrected chi connectivity index (χ0v) is 18.9. The maximum Gasteiger partial charge on any atom is 0.270 e. The molecule has 2 amide bonds. The van der Waals surface area contributed by atoms with Gasteiger partial charge < -0.3 is 4.74 Å². The number of nitriles is 2. The molecule has 3 aromatic carbocycles. The van der Waals surface area contributed by atoms with Gasteiger partial charge in [0.1, 0.15) is 29.2 Å². The second-order valence-corrected chi connectivity index (χ2v) is 7.86. The fraction of sp³-hybridized carbons (Fsp3) is 0. The van der Waals surface area contributed by atoms with Crippen LogP contribution in [0.25, 0.3) is 6.08 Å². The molecular weight excluding hydrogens is 472 g/mol. The molecule has 0 aliphatic carbocycles. The van der Waals surface area contributed by atoms with Crippen LogP contribution in [0, 0.1) is 22.7 Å². The molecule has 1 saturated heterocycles. The molecule has 1 heterocycles. The van der Waals surface area contributed by atoms with Gasteiger partial charge in [0.15, 0.2) is 5.11 Å². The number of anilines is 1. The minimum Gasteiger partial charge on any atom is -0.457 e. The van der Waals surface area contributed by atoms with E-state index in [4.69, 9.17) is 39.1 Å². The first-order chi connectivity index (χ1) is 16.4. The summed E-state index contributed by atoms with van der Waals surface area (Å²) >= 11 is 11.1. The van der Waals surface area contributed by atoms with E-state index in [1.54, 1.807) is 54.6 Å². The van der Waals surface area contributed by atoms with Gasteiger partial charge in [-0.15, -0.1) is 0 Å². The Morgan fingerprint density at radius 2 is 1.56 bits per heavy atom. The number of thiocarbonyl (C=S) groups is 1. The number of ether oxygens (including phenoxy) is 1. The number of nitrogens with zero attached hydrogens (tertiary/aromatic N) is 3. The number of nitrogens with one attached hydrogen (secondary N) is 1. The van der Waals surface area contributed by atoms with E-state index in [1.165, 1.54) is 23.1 Å². The predicted octanol–water partition coefficient (Wildman–Crippen LogP) is 4.71. The molecule has 7 nitrogen and oxygen atoms in total. The average Bonchev–Trinajstić information content (AvgIpc) is 2.83. The van der Waals surface area contributed by atoms with Crippen molar-refractivity contribution in [3.8, 4) is 23.6 Å². The molecule has 0 unspecified atom stereocenters. The molecule has 1 fully saturated rings. The molecule has 0 saturated carbocycles. The molecule has 0 bridgehead atoms. The van der Waals surface area contributed by atoms with Gasteiger partial charge in [-0.3, -0.25) is 19.8 Å². The van der Waals surface area contributed by atoms with E-state index in [0.717, 1.165) is 0 Å². The largest absolute Gasteiger partial charge is 0.457 e. The monoisotopic (exact) mass is 484 g/mol. The minimum atomic E-state index is -0.595. The van der Waals surface area contributed by atoms with Gasteiger partial charge in [-0.1, -0.05) is 23.7 Å². The van der Waals surface area contributed by atoms with Crippen molar-refractivity contribution in [2.24, 2.45) is 0 Å². The highest BCUT2D eigenvalue weighted by molar-refractivity contribution is 7.80. The summed E-state index contributed by atoms with van der Waals surface area (Å²) in [5.74, 6) is -0.282. The molecule has 0 radical (unpaired) electrons. The van der Waals surface area contributed by atoms with Gasteiger partial charge in [-0.2, -0.15) is 10.5 Å². The smallest absolute Gasteiger partial charge is 0.270 e. The summed E-state index contributed by atoms with van der Waals surface area (Å²) in [5.41, 5.74) is 1.47. The molecule has 34 heavy (non-hydrogen) atoms. The van der Waals surface area contributed by atoms with Crippen molar-refractivity contribution in [1.29, 1.82) is 10.5 Å². The van der Waals surface area contributed by atoms with Crippen molar-refractivity contribution in [2.45, 2.75) is 0 Å². The second kappa shape index (κ2) is 9.55. The second-order valence-electron chi connectivity index (χ2n) is 7.04. The Labute approximate surface area is 205 Å². The molecule has 9 heteroatoms. The van der Waals surface area contributed by atoms with Crippen molar-refractivity contribution in [3.05, 3.63) is 94.0 Å². The summed E-state index contributed by atoms with van der Waals surface area (Å²) in [5, 5.41) is 21.2. The maximum absolute atomic E-state index is 13.1. The van der Waals surface area contributed by atoms with Crippen molar-refractivity contribution in [3.63, 3.8) is 0 Å². The van der Waals surface area contributed by atoms with Gasteiger partial charge in [0.25, 0.3) is 11.8 Å². The van der Waals surface area contributed by atoms with Crippen LogP contribution < -0.4 is 15.0 Å². The average molecular weight is 485 g/mol. The predicted molar refractivity (Wildman–Crippen MR) is 130 cm³/mol. The highest BCUT2D eigenvalue weighted by Gasteiger charge is 2.34. The quantitative estimate of drug-likeness (QED) is 0.326. The van der Waals surface area contributed by atoms with Crippen molar-refractivity contribution in [2.75, 3.05) is 4.90 Å². The first-order valence-corrected chi connectivity index (χ1v) is 10.6. The van der Waals surface area contributed by atoms with E-state index in [2.05, 4.69) is 5.32 Å². The van der Waals surface area contributed by atoms with Crippen LogP contribution in [0.2, 0.25) is 5.02 Å². The molecule has 1 aliphatic rings.